The van der Waals surface area contributed by atoms with Crippen LogP contribution >= 0.6 is 0 Å². The quantitative estimate of drug-likeness (QED) is 0.466. The van der Waals surface area contributed by atoms with Crippen molar-refractivity contribution in [3.63, 3.8) is 0 Å². The molecule has 10 nitrogen and oxygen atoms in total. The first-order chi connectivity index (χ1) is 17.0. The summed E-state index contributed by atoms with van der Waals surface area (Å²) in [5.41, 5.74) is 2.44. The number of nitrogens with one attached hydrogen (secondary N) is 1. The van der Waals surface area contributed by atoms with E-state index in [-0.39, 0.29) is 18.0 Å². The third-order valence-electron chi connectivity index (χ3n) is 6.59. The Morgan fingerprint density at radius 2 is 2.03 bits per heavy atom. The van der Waals surface area contributed by atoms with Crippen molar-refractivity contribution < 1.29 is 18.8 Å². The normalized spacial score (nSPS) is 17.3. The van der Waals surface area contributed by atoms with Gasteiger partial charge in [-0.25, -0.2) is 14.8 Å². The Bertz CT molecular complexity index is 1450. The SMILES string of the molecule is CC(=O)N1Cc2ncnc(Oc3ccc4c(ccn4C(=O)Nc4cc(C5CC5)on4)c3)c2C[C@H]1C. The lowest BCUT2D eigenvalue weighted by Gasteiger charge is -2.33. The van der Waals surface area contributed by atoms with Crippen LogP contribution in [0.1, 0.15) is 49.6 Å². The second kappa shape index (κ2) is 8.23. The van der Waals surface area contributed by atoms with Crippen LogP contribution in [0.25, 0.3) is 10.9 Å². The summed E-state index contributed by atoms with van der Waals surface area (Å²) in [6.07, 6.45) is 5.98. The molecule has 0 radical (unpaired) electrons. The second-order valence-electron chi connectivity index (χ2n) is 9.13. The van der Waals surface area contributed by atoms with E-state index in [9.17, 15) is 9.59 Å². The van der Waals surface area contributed by atoms with E-state index in [1.165, 1.54) is 10.9 Å². The predicted octanol–water partition coefficient (Wildman–Crippen LogP) is 4.46. The van der Waals surface area contributed by atoms with Crippen LogP contribution in [0.4, 0.5) is 10.6 Å². The number of anilines is 1. The van der Waals surface area contributed by atoms with Crippen molar-refractivity contribution in [3.8, 4) is 11.6 Å². The monoisotopic (exact) mass is 472 g/mol. The van der Waals surface area contributed by atoms with E-state index >= 15 is 0 Å². The molecule has 2 aliphatic rings. The lowest BCUT2D eigenvalue weighted by molar-refractivity contribution is -0.132. The van der Waals surface area contributed by atoms with Crippen LogP contribution < -0.4 is 10.1 Å². The second-order valence-corrected chi connectivity index (χ2v) is 9.13. The highest BCUT2D eigenvalue weighted by Gasteiger charge is 2.29. The number of ether oxygens (including phenoxy) is 1. The Morgan fingerprint density at radius 1 is 1.17 bits per heavy atom. The molecule has 1 aromatic carbocycles. The molecule has 4 aromatic rings. The van der Waals surface area contributed by atoms with Crippen molar-refractivity contribution in [2.24, 2.45) is 0 Å². The van der Waals surface area contributed by atoms with Crippen LogP contribution in [0, 0.1) is 0 Å². The fourth-order valence-electron chi connectivity index (χ4n) is 4.56. The first kappa shape index (κ1) is 21.3. The molecule has 10 heteroatoms. The van der Waals surface area contributed by atoms with Crippen LogP contribution in [0.2, 0.25) is 0 Å². The highest BCUT2D eigenvalue weighted by atomic mass is 16.5. The van der Waals surface area contributed by atoms with Gasteiger partial charge in [0.05, 0.1) is 17.8 Å². The fourth-order valence-corrected chi connectivity index (χ4v) is 4.56. The average Bonchev–Trinajstić information content (AvgIpc) is 3.44. The van der Waals surface area contributed by atoms with Crippen LogP contribution in [0.3, 0.4) is 0 Å². The molecule has 1 N–H and O–H groups in total. The Balaban J connectivity index is 1.21. The zero-order valence-electron chi connectivity index (χ0n) is 19.4. The Kier molecular flexibility index (Phi) is 5.01. The van der Waals surface area contributed by atoms with E-state index < -0.39 is 0 Å². The van der Waals surface area contributed by atoms with E-state index in [1.54, 1.807) is 30.2 Å². The van der Waals surface area contributed by atoms with E-state index in [2.05, 4.69) is 20.4 Å². The minimum atomic E-state index is -0.321. The van der Waals surface area contributed by atoms with E-state index in [0.29, 0.717) is 36.3 Å². The maximum absolute atomic E-state index is 12.8. The molecular formula is C25H24N6O4. The molecule has 3 aromatic heterocycles. The summed E-state index contributed by atoms with van der Waals surface area (Å²) in [4.78, 5) is 35.2. The standard InChI is InChI=1S/C25H24N6O4/c1-14-9-19-20(12-31(14)15(2)32)26-13-27-24(19)34-18-5-6-21-17(10-18)7-8-30(21)25(33)28-23-11-22(35-29-23)16-3-4-16/h5-8,10-11,13-14,16H,3-4,9,12H2,1-2H3,(H,28,29,33)/t14-/m1/s1. The maximum atomic E-state index is 12.8. The van der Waals surface area contributed by atoms with Gasteiger partial charge in [0.25, 0.3) is 0 Å². The number of hydrogen-bond donors (Lipinski definition) is 1. The highest BCUT2D eigenvalue weighted by molar-refractivity contribution is 5.98. The molecule has 35 heavy (non-hydrogen) atoms. The van der Waals surface area contributed by atoms with Gasteiger partial charge in [0.2, 0.25) is 11.8 Å². The number of carbonyl (C=O) groups is 2. The molecule has 1 aliphatic carbocycles. The van der Waals surface area contributed by atoms with Crippen molar-refractivity contribution >= 4 is 28.7 Å². The molecule has 6 rings (SSSR count). The molecule has 0 saturated heterocycles. The first-order valence-corrected chi connectivity index (χ1v) is 11.6. The minimum Gasteiger partial charge on any atom is -0.439 e. The number of fused-ring (bicyclic) bond motifs is 2. The zero-order valence-corrected chi connectivity index (χ0v) is 19.4. The third kappa shape index (κ3) is 4.01. The lowest BCUT2D eigenvalue weighted by Crippen LogP contribution is -2.41. The Labute approximate surface area is 200 Å². The van der Waals surface area contributed by atoms with Crippen molar-refractivity contribution in [2.45, 2.75) is 51.6 Å². The number of amides is 2. The van der Waals surface area contributed by atoms with Crippen molar-refractivity contribution in [3.05, 3.63) is 59.9 Å². The largest absolute Gasteiger partial charge is 0.439 e. The van der Waals surface area contributed by atoms with Crippen molar-refractivity contribution in [1.82, 2.24) is 24.6 Å². The summed E-state index contributed by atoms with van der Waals surface area (Å²) in [5, 5.41) is 7.58. The van der Waals surface area contributed by atoms with E-state index in [4.69, 9.17) is 9.26 Å². The Morgan fingerprint density at radius 3 is 2.83 bits per heavy atom. The summed E-state index contributed by atoms with van der Waals surface area (Å²) in [6.45, 7) is 4.01. The molecule has 1 atom stereocenters. The highest BCUT2D eigenvalue weighted by Crippen LogP contribution is 2.40. The molecule has 4 heterocycles. The summed E-state index contributed by atoms with van der Waals surface area (Å²) in [5.74, 6) is 2.76. The minimum absolute atomic E-state index is 0.0233. The van der Waals surface area contributed by atoms with Gasteiger partial charge in [-0.05, 0) is 50.5 Å². The summed E-state index contributed by atoms with van der Waals surface area (Å²) < 4.78 is 13.0. The van der Waals surface area contributed by atoms with Gasteiger partial charge in [-0.3, -0.25) is 14.7 Å². The number of rotatable bonds is 4. The molecule has 1 fully saturated rings. The average molecular weight is 473 g/mol. The molecule has 0 unspecified atom stereocenters. The van der Waals surface area contributed by atoms with Crippen LogP contribution in [0.15, 0.2) is 47.4 Å². The maximum Gasteiger partial charge on any atom is 0.331 e. The van der Waals surface area contributed by atoms with Gasteiger partial charge in [-0.15, -0.1) is 0 Å². The van der Waals surface area contributed by atoms with Crippen molar-refractivity contribution in [2.75, 3.05) is 5.32 Å². The summed E-state index contributed by atoms with van der Waals surface area (Å²) >= 11 is 0. The molecule has 0 spiro atoms. The fraction of sp³-hybridized carbons (Fsp3) is 0.320. The Hall–Kier alpha value is -4.21. The van der Waals surface area contributed by atoms with Crippen LogP contribution in [-0.2, 0) is 17.8 Å². The summed E-state index contributed by atoms with van der Waals surface area (Å²) in [7, 11) is 0. The van der Waals surface area contributed by atoms with E-state index in [0.717, 1.165) is 40.8 Å². The van der Waals surface area contributed by atoms with Gasteiger partial charge in [-0.2, -0.15) is 0 Å². The summed E-state index contributed by atoms with van der Waals surface area (Å²) in [6, 6.07) is 8.84. The topological polar surface area (TPSA) is 115 Å². The number of hydrogen-bond acceptors (Lipinski definition) is 7. The molecule has 1 saturated carbocycles. The van der Waals surface area contributed by atoms with Gasteiger partial charge < -0.3 is 14.2 Å². The van der Waals surface area contributed by atoms with Crippen molar-refractivity contribution in [1.29, 1.82) is 0 Å². The van der Waals surface area contributed by atoms with Gasteiger partial charge in [0, 0.05) is 42.1 Å². The molecule has 2 amide bonds. The van der Waals surface area contributed by atoms with Gasteiger partial charge in [-0.1, -0.05) is 5.16 Å². The number of nitrogens with zero attached hydrogens (tertiary/aromatic N) is 5. The van der Waals surface area contributed by atoms with Crippen LogP contribution in [-0.4, -0.2) is 42.6 Å². The molecule has 178 valence electrons. The predicted molar refractivity (Wildman–Crippen MR) is 126 cm³/mol. The number of benzene rings is 1. The van der Waals surface area contributed by atoms with Gasteiger partial charge in [0.1, 0.15) is 17.8 Å². The lowest BCUT2D eigenvalue weighted by atomic mass is 9.99. The molecule has 0 bridgehead atoms. The van der Waals surface area contributed by atoms with Gasteiger partial charge in [0.15, 0.2) is 5.82 Å². The van der Waals surface area contributed by atoms with E-state index in [1.807, 2.05) is 25.1 Å². The number of aromatic nitrogens is 4. The third-order valence-corrected chi connectivity index (χ3v) is 6.59. The van der Waals surface area contributed by atoms with Crippen LogP contribution in [0.5, 0.6) is 11.6 Å². The molecular weight excluding hydrogens is 448 g/mol. The zero-order chi connectivity index (χ0) is 24.1. The smallest absolute Gasteiger partial charge is 0.331 e. The molecule has 1 aliphatic heterocycles. The first-order valence-electron chi connectivity index (χ1n) is 11.6. The van der Waals surface area contributed by atoms with Gasteiger partial charge >= 0.3 is 6.03 Å². The number of carbonyl (C=O) groups excluding carboxylic acids is 2.